The Morgan fingerprint density at radius 2 is 1.63 bits per heavy atom. The van der Waals surface area contributed by atoms with Crippen LogP contribution in [0.25, 0.3) is 0 Å². The van der Waals surface area contributed by atoms with Crippen LogP contribution in [0.3, 0.4) is 0 Å². The van der Waals surface area contributed by atoms with Gasteiger partial charge in [0.05, 0.1) is 11.5 Å². The molecule has 162 valence electrons. The fourth-order valence-corrected chi connectivity index (χ4v) is 4.62. The summed E-state index contributed by atoms with van der Waals surface area (Å²) in [5.74, 6) is -1.66. The van der Waals surface area contributed by atoms with Gasteiger partial charge < -0.3 is 16.6 Å². The lowest BCUT2D eigenvalue weighted by Crippen LogP contribution is -2.26. The molecule has 5 N–H and O–H groups in total. The monoisotopic (exact) mass is 430 g/mol. The molecule has 6 heteroatoms. The fourth-order valence-electron chi connectivity index (χ4n) is 4.44. The van der Waals surface area contributed by atoms with E-state index in [9.17, 15) is 9.59 Å². The zero-order chi connectivity index (χ0) is 22.3. The highest BCUT2D eigenvalue weighted by molar-refractivity contribution is 6.30. The van der Waals surface area contributed by atoms with E-state index in [-0.39, 0.29) is 11.5 Å². The van der Waals surface area contributed by atoms with Crippen molar-refractivity contribution < 1.29 is 14.7 Å². The molecule has 1 aliphatic carbocycles. The molecule has 2 aromatic carbocycles. The van der Waals surface area contributed by atoms with Crippen LogP contribution in [0.15, 0.2) is 42.5 Å². The maximum absolute atomic E-state index is 12.4. The first-order chi connectivity index (χ1) is 14.4. The predicted octanol–water partition coefficient (Wildman–Crippen LogP) is 5.03. The topological polar surface area (TPSA) is 106 Å². The molecule has 2 unspecified atom stereocenters. The lowest BCUT2D eigenvalue weighted by Gasteiger charge is -2.29. The van der Waals surface area contributed by atoms with Crippen LogP contribution in [0.5, 0.6) is 0 Å². The van der Waals surface area contributed by atoms with E-state index in [0.29, 0.717) is 10.9 Å². The van der Waals surface area contributed by atoms with Gasteiger partial charge in [0.15, 0.2) is 0 Å². The third kappa shape index (κ3) is 5.61. The van der Waals surface area contributed by atoms with E-state index in [0.717, 1.165) is 24.0 Å². The minimum absolute atomic E-state index is 0.163. The van der Waals surface area contributed by atoms with Crippen LogP contribution in [0.2, 0.25) is 5.02 Å². The molecular weight excluding hydrogens is 400 g/mol. The maximum atomic E-state index is 12.4. The van der Waals surface area contributed by atoms with Gasteiger partial charge in [0, 0.05) is 5.02 Å². The van der Waals surface area contributed by atoms with Crippen molar-refractivity contribution in [3.63, 3.8) is 0 Å². The molecule has 0 aliphatic heterocycles. The number of benzene rings is 2. The fraction of sp³-hybridized carbons (Fsp3) is 0.417. The van der Waals surface area contributed by atoms with Gasteiger partial charge in [-0.05, 0) is 72.7 Å². The number of carboxylic acids is 1. The van der Waals surface area contributed by atoms with Gasteiger partial charge in [-0.15, -0.1) is 0 Å². The number of aromatic carboxylic acids is 1. The predicted molar refractivity (Wildman–Crippen MR) is 121 cm³/mol. The number of carbonyl (C=O) groups excluding carboxylic acids is 1. The van der Waals surface area contributed by atoms with Crippen LogP contribution in [0.4, 0.5) is 0 Å². The summed E-state index contributed by atoms with van der Waals surface area (Å²) in [7, 11) is 1.50. The smallest absolute Gasteiger partial charge is 0.335 e. The zero-order valence-corrected chi connectivity index (χ0v) is 18.4. The largest absolute Gasteiger partial charge is 0.478 e. The maximum Gasteiger partial charge on any atom is 0.335 e. The number of halogens is 1. The minimum Gasteiger partial charge on any atom is -0.478 e. The first-order valence-corrected chi connectivity index (χ1v) is 10.8. The van der Waals surface area contributed by atoms with Gasteiger partial charge in [-0.3, -0.25) is 4.79 Å². The second-order valence-electron chi connectivity index (χ2n) is 7.70. The van der Waals surface area contributed by atoms with Gasteiger partial charge in [-0.1, -0.05) is 56.0 Å². The van der Waals surface area contributed by atoms with E-state index >= 15 is 0 Å². The van der Waals surface area contributed by atoms with E-state index in [2.05, 4.69) is 11.8 Å². The summed E-state index contributed by atoms with van der Waals surface area (Å²) in [5, 5.41) is 9.76. The van der Waals surface area contributed by atoms with Crippen LogP contribution in [-0.4, -0.2) is 24.0 Å². The second kappa shape index (κ2) is 11.1. The number of amides is 1. The molecule has 1 amide bonds. The Bertz CT molecular complexity index is 861. The standard InChI is InChI=1S/C23H26ClNO3.CH5N/c1-14(21(22(25)26)16-7-9-17(10-8-16)23(27)28)20-13-18(24)11-12-19(20)15-5-3-2-4-6-15;1-2/h7-15,21H,2-6H2,1H3,(H2,25,26)(H,27,28);2H2,1H3. The molecule has 2 aromatic rings. The Balaban J connectivity index is 0.00000155. The van der Waals surface area contributed by atoms with E-state index < -0.39 is 17.8 Å². The minimum atomic E-state index is -0.996. The van der Waals surface area contributed by atoms with E-state index in [1.807, 2.05) is 19.1 Å². The summed E-state index contributed by atoms with van der Waals surface area (Å²) in [6.07, 6.45) is 6.01. The van der Waals surface area contributed by atoms with E-state index in [1.165, 1.54) is 44.0 Å². The Morgan fingerprint density at radius 3 is 2.17 bits per heavy atom. The molecule has 0 bridgehead atoms. The van der Waals surface area contributed by atoms with Crippen molar-refractivity contribution >= 4 is 23.5 Å². The summed E-state index contributed by atoms with van der Waals surface area (Å²) in [6, 6.07) is 12.4. The number of carboxylic acid groups (broad SMARTS) is 1. The first kappa shape index (κ1) is 23.9. The van der Waals surface area contributed by atoms with Crippen molar-refractivity contribution in [2.24, 2.45) is 11.5 Å². The molecule has 0 heterocycles. The van der Waals surface area contributed by atoms with Crippen molar-refractivity contribution in [2.45, 2.75) is 56.8 Å². The molecular formula is C24H31ClN2O3. The third-order valence-corrected chi connectivity index (χ3v) is 6.14. The molecule has 30 heavy (non-hydrogen) atoms. The van der Waals surface area contributed by atoms with Crippen molar-refractivity contribution in [1.29, 1.82) is 0 Å². The first-order valence-electron chi connectivity index (χ1n) is 10.4. The van der Waals surface area contributed by atoms with E-state index in [1.54, 1.807) is 12.1 Å². The Morgan fingerprint density at radius 1 is 1.03 bits per heavy atom. The highest BCUT2D eigenvalue weighted by atomic mass is 35.5. The third-order valence-electron chi connectivity index (χ3n) is 5.91. The van der Waals surface area contributed by atoms with Crippen molar-refractivity contribution in [3.8, 4) is 0 Å². The molecule has 0 radical (unpaired) electrons. The SMILES string of the molecule is CC(c1cc(Cl)ccc1C1CCCCC1)C(C(N)=O)c1ccc(C(=O)O)cc1.CN. The molecule has 1 saturated carbocycles. The lowest BCUT2D eigenvalue weighted by atomic mass is 9.75. The van der Waals surface area contributed by atoms with Crippen LogP contribution in [0, 0.1) is 0 Å². The summed E-state index contributed by atoms with van der Waals surface area (Å²) < 4.78 is 0. The summed E-state index contributed by atoms with van der Waals surface area (Å²) >= 11 is 6.30. The molecule has 1 fully saturated rings. The molecule has 2 atom stereocenters. The van der Waals surface area contributed by atoms with Crippen LogP contribution in [0.1, 0.15) is 83.8 Å². The summed E-state index contributed by atoms with van der Waals surface area (Å²) in [5.41, 5.74) is 13.5. The van der Waals surface area contributed by atoms with Crippen LogP contribution < -0.4 is 11.5 Å². The summed E-state index contributed by atoms with van der Waals surface area (Å²) in [6.45, 7) is 2.00. The Hall–Kier alpha value is -2.37. The van der Waals surface area contributed by atoms with Crippen molar-refractivity contribution in [3.05, 3.63) is 69.7 Å². The number of rotatable bonds is 6. The Kier molecular flexibility index (Phi) is 8.88. The van der Waals surface area contributed by atoms with Gasteiger partial charge in [-0.2, -0.15) is 0 Å². The molecule has 1 aliphatic rings. The van der Waals surface area contributed by atoms with Crippen LogP contribution >= 0.6 is 11.6 Å². The van der Waals surface area contributed by atoms with Gasteiger partial charge in [0.1, 0.15) is 0 Å². The van der Waals surface area contributed by atoms with Gasteiger partial charge in [-0.25, -0.2) is 4.79 Å². The van der Waals surface area contributed by atoms with E-state index in [4.69, 9.17) is 22.4 Å². The quantitative estimate of drug-likeness (QED) is 0.597. The van der Waals surface area contributed by atoms with Gasteiger partial charge >= 0.3 is 5.97 Å². The highest BCUT2D eigenvalue weighted by Crippen LogP contribution is 2.41. The number of carbonyl (C=O) groups is 2. The molecule has 3 rings (SSSR count). The molecule has 5 nitrogen and oxygen atoms in total. The molecule has 0 spiro atoms. The molecule has 0 aromatic heterocycles. The summed E-state index contributed by atoms with van der Waals surface area (Å²) in [4.78, 5) is 23.5. The van der Waals surface area contributed by atoms with Crippen LogP contribution in [-0.2, 0) is 4.79 Å². The molecule has 0 saturated heterocycles. The highest BCUT2D eigenvalue weighted by Gasteiger charge is 2.30. The number of primary amides is 1. The zero-order valence-electron chi connectivity index (χ0n) is 17.6. The van der Waals surface area contributed by atoms with Gasteiger partial charge in [0.25, 0.3) is 0 Å². The number of nitrogens with two attached hydrogens (primary N) is 2. The average Bonchev–Trinajstić information content (AvgIpc) is 2.76. The number of hydrogen-bond donors (Lipinski definition) is 3. The van der Waals surface area contributed by atoms with Crippen molar-refractivity contribution in [2.75, 3.05) is 7.05 Å². The number of hydrogen-bond acceptors (Lipinski definition) is 3. The average molecular weight is 431 g/mol. The lowest BCUT2D eigenvalue weighted by molar-refractivity contribution is -0.119. The Labute approximate surface area is 183 Å². The van der Waals surface area contributed by atoms with Gasteiger partial charge in [0.2, 0.25) is 5.91 Å². The van der Waals surface area contributed by atoms with Crippen molar-refractivity contribution in [1.82, 2.24) is 0 Å². The second-order valence-corrected chi connectivity index (χ2v) is 8.14. The normalized spacial score (nSPS) is 16.1.